The van der Waals surface area contributed by atoms with E-state index in [-0.39, 0.29) is 6.61 Å². The van der Waals surface area contributed by atoms with Crippen LogP contribution in [0.3, 0.4) is 0 Å². The van der Waals surface area contributed by atoms with Crippen molar-refractivity contribution < 1.29 is 19.0 Å². The van der Waals surface area contributed by atoms with E-state index in [0.29, 0.717) is 17.4 Å². The number of amides is 1. The molecule has 0 aliphatic rings. The molecule has 9 heteroatoms. The minimum Gasteiger partial charge on any atom is -0.493 e. The number of thiophene rings is 1. The number of rotatable bonds is 7. The molecule has 0 unspecified atom stereocenters. The molecule has 8 nitrogen and oxygen atoms in total. The number of carbonyl (C=O) groups excluding carboxylic acids is 1. The fourth-order valence-electron chi connectivity index (χ4n) is 2.16. The van der Waals surface area contributed by atoms with Gasteiger partial charge in [0.2, 0.25) is 5.88 Å². The molecule has 0 atom stereocenters. The number of carbonyl (C=O) groups is 1. The number of hydrogen-bond acceptors (Lipinski definition) is 8. The van der Waals surface area contributed by atoms with Gasteiger partial charge in [-0.1, -0.05) is 0 Å². The molecule has 134 valence electrons. The lowest BCUT2D eigenvalue weighted by molar-refractivity contribution is -0.123. The summed E-state index contributed by atoms with van der Waals surface area (Å²) in [6.07, 6.45) is 2.91. The first kappa shape index (κ1) is 17.6. The van der Waals surface area contributed by atoms with Gasteiger partial charge in [-0.3, -0.25) is 4.79 Å². The summed E-state index contributed by atoms with van der Waals surface area (Å²) in [5, 5.41) is 6.57. The molecular weight excluding hydrogens is 356 g/mol. The zero-order valence-corrected chi connectivity index (χ0v) is 14.9. The van der Waals surface area contributed by atoms with Gasteiger partial charge in [-0.05, 0) is 35.2 Å². The maximum absolute atomic E-state index is 11.9. The van der Waals surface area contributed by atoms with Gasteiger partial charge in [0, 0.05) is 0 Å². The third-order valence-corrected chi connectivity index (χ3v) is 4.20. The van der Waals surface area contributed by atoms with Crippen LogP contribution in [-0.2, 0) is 4.79 Å². The second-order valence-electron chi connectivity index (χ2n) is 5.01. The molecule has 0 saturated carbocycles. The second kappa shape index (κ2) is 8.26. The van der Waals surface area contributed by atoms with Crippen molar-refractivity contribution in [3.63, 3.8) is 0 Å². The number of benzene rings is 1. The molecule has 2 heterocycles. The lowest BCUT2D eigenvalue weighted by Gasteiger charge is -2.07. The van der Waals surface area contributed by atoms with Crippen LogP contribution in [0.5, 0.6) is 17.4 Å². The summed E-state index contributed by atoms with van der Waals surface area (Å²) in [5.74, 6) is 1.17. The normalized spacial score (nSPS) is 10.8. The molecule has 2 aromatic heterocycles. The Morgan fingerprint density at radius 2 is 2.08 bits per heavy atom. The molecule has 0 aliphatic carbocycles. The van der Waals surface area contributed by atoms with Crippen molar-refractivity contribution in [2.24, 2.45) is 5.10 Å². The average molecular weight is 372 g/mol. The molecule has 0 bridgehead atoms. The maximum atomic E-state index is 11.9. The van der Waals surface area contributed by atoms with E-state index in [1.807, 2.05) is 11.4 Å². The highest BCUT2D eigenvalue weighted by molar-refractivity contribution is 7.16. The Bertz CT molecular complexity index is 941. The van der Waals surface area contributed by atoms with Gasteiger partial charge >= 0.3 is 0 Å². The summed E-state index contributed by atoms with van der Waals surface area (Å²) in [4.78, 5) is 20.8. The van der Waals surface area contributed by atoms with Crippen molar-refractivity contribution >= 4 is 33.7 Å². The molecule has 0 saturated heterocycles. The summed E-state index contributed by atoms with van der Waals surface area (Å²) < 4.78 is 15.8. The first-order valence-electron chi connectivity index (χ1n) is 7.56. The Kier molecular flexibility index (Phi) is 5.59. The predicted molar refractivity (Wildman–Crippen MR) is 98.2 cm³/mol. The largest absolute Gasteiger partial charge is 0.493 e. The quantitative estimate of drug-likeness (QED) is 0.505. The summed E-state index contributed by atoms with van der Waals surface area (Å²) in [6, 6.07) is 7.15. The first-order chi connectivity index (χ1) is 12.7. The highest BCUT2D eigenvalue weighted by Gasteiger charge is 2.08. The van der Waals surface area contributed by atoms with Crippen molar-refractivity contribution in [2.75, 3.05) is 20.8 Å². The van der Waals surface area contributed by atoms with Crippen LogP contribution in [0, 0.1) is 0 Å². The molecule has 1 amide bonds. The van der Waals surface area contributed by atoms with Gasteiger partial charge in [0.15, 0.2) is 18.1 Å². The molecule has 3 rings (SSSR count). The summed E-state index contributed by atoms with van der Waals surface area (Å²) in [6.45, 7) is -0.203. The van der Waals surface area contributed by atoms with Crippen molar-refractivity contribution in [1.82, 2.24) is 15.4 Å². The first-order valence-corrected chi connectivity index (χ1v) is 8.44. The van der Waals surface area contributed by atoms with Gasteiger partial charge in [-0.25, -0.2) is 15.4 Å². The van der Waals surface area contributed by atoms with Gasteiger partial charge in [0.25, 0.3) is 5.91 Å². The Labute approximate surface area is 153 Å². The lowest BCUT2D eigenvalue weighted by atomic mass is 10.2. The van der Waals surface area contributed by atoms with Crippen LogP contribution in [0.15, 0.2) is 41.1 Å². The van der Waals surface area contributed by atoms with Crippen molar-refractivity contribution in [3.8, 4) is 17.4 Å². The lowest BCUT2D eigenvalue weighted by Crippen LogP contribution is -2.24. The predicted octanol–water partition coefficient (Wildman–Crippen LogP) is 2.24. The van der Waals surface area contributed by atoms with Crippen LogP contribution in [-0.4, -0.2) is 42.9 Å². The Morgan fingerprint density at radius 1 is 1.23 bits per heavy atom. The van der Waals surface area contributed by atoms with Crippen LogP contribution < -0.4 is 19.6 Å². The second-order valence-corrected chi connectivity index (χ2v) is 5.91. The van der Waals surface area contributed by atoms with Gasteiger partial charge < -0.3 is 14.2 Å². The number of methoxy groups -OCH3 is 2. The van der Waals surface area contributed by atoms with Crippen LogP contribution in [0.1, 0.15) is 5.56 Å². The molecule has 3 aromatic rings. The molecule has 26 heavy (non-hydrogen) atoms. The minimum atomic E-state index is -0.399. The van der Waals surface area contributed by atoms with E-state index >= 15 is 0 Å². The summed E-state index contributed by atoms with van der Waals surface area (Å²) in [7, 11) is 3.11. The van der Waals surface area contributed by atoms with Crippen LogP contribution in [0.2, 0.25) is 0 Å². The van der Waals surface area contributed by atoms with E-state index in [1.165, 1.54) is 23.9 Å². The van der Waals surface area contributed by atoms with Crippen LogP contribution in [0.25, 0.3) is 10.2 Å². The SMILES string of the molecule is COc1ccc(/C=N/NC(=O)COc2ncnc3sccc23)cc1OC. The van der Waals surface area contributed by atoms with E-state index < -0.39 is 5.91 Å². The van der Waals surface area contributed by atoms with Gasteiger partial charge in [0.05, 0.1) is 25.8 Å². The Morgan fingerprint density at radius 3 is 2.88 bits per heavy atom. The molecule has 1 aromatic carbocycles. The molecule has 0 radical (unpaired) electrons. The molecule has 0 aliphatic heterocycles. The fraction of sp³-hybridized carbons (Fsp3) is 0.176. The minimum absolute atomic E-state index is 0.203. The zero-order chi connectivity index (χ0) is 18.4. The number of ether oxygens (including phenoxy) is 3. The van der Waals surface area contributed by atoms with E-state index in [0.717, 1.165) is 15.8 Å². The van der Waals surface area contributed by atoms with Crippen molar-refractivity contribution in [2.45, 2.75) is 0 Å². The standard InChI is InChI=1S/C17H16N4O4S/c1-23-13-4-3-11(7-14(13)24-2)8-20-21-15(22)9-25-16-12-5-6-26-17(12)19-10-18-16/h3-8,10H,9H2,1-2H3,(H,21,22)/b20-8+. The zero-order valence-electron chi connectivity index (χ0n) is 14.1. The van der Waals surface area contributed by atoms with E-state index in [1.54, 1.807) is 32.4 Å². The summed E-state index contributed by atoms with van der Waals surface area (Å²) in [5.41, 5.74) is 3.15. The molecule has 1 N–H and O–H groups in total. The van der Waals surface area contributed by atoms with Gasteiger partial charge in [0.1, 0.15) is 11.2 Å². The average Bonchev–Trinajstić information content (AvgIpc) is 3.15. The summed E-state index contributed by atoms with van der Waals surface area (Å²) >= 11 is 1.48. The fourth-order valence-corrected chi connectivity index (χ4v) is 2.88. The van der Waals surface area contributed by atoms with Gasteiger partial charge in [-0.15, -0.1) is 11.3 Å². The number of fused-ring (bicyclic) bond motifs is 1. The van der Waals surface area contributed by atoms with Gasteiger partial charge in [-0.2, -0.15) is 5.10 Å². The number of nitrogens with one attached hydrogen (secondary N) is 1. The molecular formula is C17H16N4O4S. The van der Waals surface area contributed by atoms with E-state index in [4.69, 9.17) is 14.2 Å². The Balaban J connectivity index is 1.55. The van der Waals surface area contributed by atoms with E-state index in [2.05, 4.69) is 20.5 Å². The van der Waals surface area contributed by atoms with Crippen molar-refractivity contribution in [3.05, 3.63) is 41.5 Å². The number of hydrogen-bond donors (Lipinski definition) is 1. The third-order valence-electron chi connectivity index (χ3n) is 3.38. The van der Waals surface area contributed by atoms with E-state index in [9.17, 15) is 4.79 Å². The smallest absolute Gasteiger partial charge is 0.278 e. The van der Waals surface area contributed by atoms with Crippen molar-refractivity contribution in [1.29, 1.82) is 0 Å². The molecule has 0 fully saturated rings. The molecule has 0 spiro atoms. The highest BCUT2D eigenvalue weighted by atomic mass is 32.1. The monoisotopic (exact) mass is 372 g/mol. The third kappa shape index (κ3) is 4.06. The highest BCUT2D eigenvalue weighted by Crippen LogP contribution is 2.27. The number of aromatic nitrogens is 2. The number of nitrogens with zero attached hydrogens (tertiary/aromatic N) is 3. The Hall–Kier alpha value is -3.20. The van der Waals surface area contributed by atoms with Crippen LogP contribution >= 0.6 is 11.3 Å². The number of hydrazone groups is 1. The van der Waals surface area contributed by atoms with Crippen LogP contribution in [0.4, 0.5) is 0 Å². The maximum Gasteiger partial charge on any atom is 0.278 e. The topological polar surface area (TPSA) is 94.9 Å².